The van der Waals surface area contributed by atoms with E-state index in [-0.39, 0.29) is 5.91 Å². The van der Waals surface area contributed by atoms with Crippen molar-refractivity contribution < 1.29 is 4.79 Å². The number of carbonyl (C=O) groups is 1. The maximum atomic E-state index is 10.2. The molecule has 9 heavy (non-hydrogen) atoms. The molecule has 0 aromatic heterocycles. The fourth-order valence-corrected chi connectivity index (χ4v) is 0.685. The summed E-state index contributed by atoms with van der Waals surface area (Å²) < 4.78 is 0. The lowest BCUT2D eigenvalue weighted by molar-refractivity contribution is -0.118. The molecule has 0 spiro atoms. The van der Waals surface area contributed by atoms with Crippen molar-refractivity contribution >= 4 is 5.91 Å². The minimum atomic E-state index is -0.185. The van der Waals surface area contributed by atoms with E-state index in [0.717, 1.165) is 12.8 Å². The van der Waals surface area contributed by atoms with Crippen LogP contribution in [0.15, 0.2) is 0 Å². The van der Waals surface area contributed by atoms with E-state index in [2.05, 4.69) is 13.8 Å². The molecular weight excluding hydrogens is 114 g/mol. The molecule has 0 radical (unpaired) electrons. The highest BCUT2D eigenvalue weighted by Crippen LogP contribution is 2.04. The number of amides is 1. The third kappa shape index (κ3) is 7.47. The maximum Gasteiger partial charge on any atom is 0.217 e. The van der Waals surface area contributed by atoms with Crippen LogP contribution in [0.5, 0.6) is 0 Å². The van der Waals surface area contributed by atoms with Gasteiger partial charge in [0.15, 0.2) is 0 Å². The van der Waals surface area contributed by atoms with Crippen molar-refractivity contribution in [1.82, 2.24) is 0 Å². The van der Waals surface area contributed by atoms with E-state index in [0.29, 0.717) is 12.3 Å². The monoisotopic (exact) mass is 129 g/mol. The highest BCUT2D eigenvalue weighted by Gasteiger charge is 1.96. The second-order valence-electron chi connectivity index (χ2n) is 2.75. The lowest BCUT2D eigenvalue weighted by Crippen LogP contribution is -2.09. The topological polar surface area (TPSA) is 43.1 Å². The number of hydrogen-bond acceptors (Lipinski definition) is 1. The van der Waals surface area contributed by atoms with Gasteiger partial charge in [-0.25, -0.2) is 0 Å². The van der Waals surface area contributed by atoms with E-state index in [4.69, 9.17) is 5.73 Å². The van der Waals surface area contributed by atoms with Crippen LogP contribution >= 0.6 is 0 Å². The Bertz CT molecular complexity index is 88.9. The zero-order valence-corrected chi connectivity index (χ0v) is 6.18. The van der Waals surface area contributed by atoms with E-state index in [1.807, 2.05) is 0 Å². The van der Waals surface area contributed by atoms with Gasteiger partial charge in [-0.15, -0.1) is 0 Å². The van der Waals surface area contributed by atoms with E-state index < -0.39 is 0 Å². The van der Waals surface area contributed by atoms with Crippen molar-refractivity contribution in [3.63, 3.8) is 0 Å². The smallest absolute Gasteiger partial charge is 0.217 e. The van der Waals surface area contributed by atoms with Crippen LogP contribution in [0.2, 0.25) is 0 Å². The average Bonchev–Trinajstić information content (AvgIpc) is 1.63. The SMILES string of the molecule is CC(C)CCCC(N)=O. The van der Waals surface area contributed by atoms with Crippen LogP contribution in [0.4, 0.5) is 0 Å². The summed E-state index contributed by atoms with van der Waals surface area (Å²) in [5, 5.41) is 0. The summed E-state index contributed by atoms with van der Waals surface area (Å²) in [6, 6.07) is 0. The summed E-state index contributed by atoms with van der Waals surface area (Å²) >= 11 is 0. The Kier molecular flexibility index (Phi) is 4.10. The van der Waals surface area contributed by atoms with E-state index in [1.54, 1.807) is 0 Å². The van der Waals surface area contributed by atoms with Crippen molar-refractivity contribution in [3.8, 4) is 0 Å². The van der Waals surface area contributed by atoms with Gasteiger partial charge in [0.25, 0.3) is 0 Å². The lowest BCUT2D eigenvalue weighted by atomic mass is 10.1. The predicted molar refractivity (Wildman–Crippen MR) is 37.9 cm³/mol. The first kappa shape index (κ1) is 8.47. The first-order chi connectivity index (χ1) is 4.13. The fourth-order valence-electron chi connectivity index (χ4n) is 0.685. The van der Waals surface area contributed by atoms with Crippen molar-refractivity contribution in [2.24, 2.45) is 11.7 Å². The van der Waals surface area contributed by atoms with Gasteiger partial charge in [0.1, 0.15) is 0 Å². The summed E-state index contributed by atoms with van der Waals surface area (Å²) in [5.41, 5.74) is 4.94. The third-order valence-corrected chi connectivity index (χ3v) is 1.20. The van der Waals surface area contributed by atoms with Crippen molar-refractivity contribution in [2.75, 3.05) is 0 Å². The first-order valence-corrected chi connectivity index (χ1v) is 3.41. The number of nitrogens with two attached hydrogens (primary N) is 1. The van der Waals surface area contributed by atoms with Gasteiger partial charge in [-0.05, 0) is 12.3 Å². The zero-order chi connectivity index (χ0) is 7.28. The van der Waals surface area contributed by atoms with Gasteiger partial charge in [0.2, 0.25) is 5.91 Å². The molecule has 2 N–H and O–H groups in total. The molecule has 0 saturated heterocycles. The standard InChI is InChI=1S/C7H15NO/c1-6(2)4-3-5-7(8)9/h6H,3-5H2,1-2H3,(H2,8,9). The number of hydrogen-bond donors (Lipinski definition) is 1. The van der Waals surface area contributed by atoms with Crippen LogP contribution in [0, 0.1) is 5.92 Å². The lowest BCUT2D eigenvalue weighted by Gasteiger charge is -2.00. The summed E-state index contributed by atoms with van der Waals surface area (Å²) in [7, 11) is 0. The van der Waals surface area contributed by atoms with Gasteiger partial charge in [0.05, 0.1) is 0 Å². The minimum Gasteiger partial charge on any atom is -0.370 e. The number of rotatable bonds is 4. The van der Waals surface area contributed by atoms with Crippen LogP contribution in [0.25, 0.3) is 0 Å². The Morgan fingerprint density at radius 3 is 2.44 bits per heavy atom. The zero-order valence-electron chi connectivity index (χ0n) is 6.18. The van der Waals surface area contributed by atoms with E-state index in [9.17, 15) is 4.79 Å². The fraction of sp³-hybridized carbons (Fsp3) is 0.857. The molecule has 2 nitrogen and oxygen atoms in total. The molecule has 0 aromatic carbocycles. The summed E-state index contributed by atoms with van der Waals surface area (Å²) in [5.74, 6) is 0.500. The molecule has 0 saturated carbocycles. The first-order valence-electron chi connectivity index (χ1n) is 3.41. The van der Waals surface area contributed by atoms with Crippen molar-refractivity contribution in [3.05, 3.63) is 0 Å². The molecular formula is C7H15NO. The number of carbonyl (C=O) groups excluding carboxylic acids is 1. The van der Waals surface area contributed by atoms with Gasteiger partial charge in [0, 0.05) is 6.42 Å². The molecule has 0 heterocycles. The van der Waals surface area contributed by atoms with Crippen LogP contribution < -0.4 is 5.73 Å². The van der Waals surface area contributed by atoms with Gasteiger partial charge >= 0.3 is 0 Å². The molecule has 0 fully saturated rings. The third-order valence-electron chi connectivity index (χ3n) is 1.20. The second-order valence-corrected chi connectivity index (χ2v) is 2.75. The Hall–Kier alpha value is -0.530. The molecule has 54 valence electrons. The van der Waals surface area contributed by atoms with Crippen LogP contribution in [0.1, 0.15) is 33.1 Å². The van der Waals surface area contributed by atoms with Gasteiger partial charge < -0.3 is 5.73 Å². The normalized spacial score (nSPS) is 10.1. The minimum absolute atomic E-state index is 0.185. The predicted octanol–water partition coefficient (Wildman–Crippen LogP) is 1.30. The van der Waals surface area contributed by atoms with Crippen molar-refractivity contribution in [2.45, 2.75) is 33.1 Å². The van der Waals surface area contributed by atoms with Gasteiger partial charge in [-0.3, -0.25) is 4.79 Å². The molecule has 0 aromatic rings. The molecule has 0 unspecified atom stereocenters. The Morgan fingerprint density at radius 2 is 2.11 bits per heavy atom. The number of primary amides is 1. The Morgan fingerprint density at radius 1 is 1.56 bits per heavy atom. The summed E-state index contributed by atoms with van der Waals surface area (Å²) in [6.45, 7) is 4.28. The molecule has 0 aliphatic carbocycles. The summed E-state index contributed by atoms with van der Waals surface area (Å²) in [6.07, 6.45) is 2.58. The second kappa shape index (κ2) is 4.36. The van der Waals surface area contributed by atoms with E-state index >= 15 is 0 Å². The molecule has 0 rings (SSSR count). The molecule has 0 atom stereocenters. The summed E-state index contributed by atoms with van der Waals surface area (Å²) in [4.78, 5) is 10.2. The maximum absolute atomic E-state index is 10.2. The largest absolute Gasteiger partial charge is 0.370 e. The molecule has 0 bridgehead atoms. The Labute approximate surface area is 56.4 Å². The molecule has 2 heteroatoms. The molecule has 0 aliphatic heterocycles. The average molecular weight is 129 g/mol. The quantitative estimate of drug-likeness (QED) is 0.610. The van der Waals surface area contributed by atoms with E-state index in [1.165, 1.54) is 0 Å². The van der Waals surface area contributed by atoms with Crippen LogP contribution in [-0.2, 0) is 4.79 Å². The van der Waals surface area contributed by atoms with Gasteiger partial charge in [-0.1, -0.05) is 20.3 Å². The van der Waals surface area contributed by atoms with Crippen LogP contribution in [-0.4, -0.2) is 5.91 Å². The van der Waals surface area contributed by atoms with Crippen LogP contribution in [0.3, 0.4) is 0 Å². The highest BCUT2D eigenvalue weighted by atomic mass is 16.1. The van der Waals surface area contributed by atoms with Crippen molar-refractivity contribution in [1.29, 1.82) is 0 Å². The highest BCUT2D eigenvalue weighted by molar-refractivity contribution is 5.73. The Balaban J connectivity index is 3.01. The molecule has 0 aliphatic rings. The van der Waals surface area contributed by atoms with Gasteiger partial charge in [-0.2, -0.15) is 0 Å². The molecule has 1 amide bonds.